The van der Waals surface area contributed by atoms with E-state index in [2.05, 4.69) is 10.0 Å². The van der Waals surface area contributed by atoms with Gasteiger partial charge in [0.15, 0.2) is 0 Å². The molecule has 6 nitrogen and oxygen atoms in total. The number of rotatable bonds is 5. The van der Waals surface area contributed by atoms with E-state index in [0.29, 0.717) is 17.9 Å². The van der Waals surface area contributed by atoms with Gasteiger partial charge in [-0.05, 0) is 24.1 Å². The minimum absolute atomic E-state index is 0.0887. The molecule has 2 aromatic carbocycles. The van der Waals surface area contributed by atoms with Crippen LogP contribution in [0.15, 0.2) is 53.4 Å². The van der Waals surface area contributed by atoms with Crippen molar-refractivity contribution in [3.63, 3.8) is 0 Å². The van der Waals surface area contributed by atoms with Crippen LogP contribution in [0.1, 0.15) is 5.56 Å². The van der Waals surface area contributed by atoms with Crippen molar-refractivity contribution < 1.29 is 18.3 Å². The number of sulfonamides is 1. The summed E-state index contributed by atoms with van der Waals surface area (Å²) in [6.45, 7) is 0.429. The van der Waals surface area contributed by atoms with Crippen molar-refractivity contribution >= 4 is 15.7 Å². The molecule has 1 aliphatic rings. The maximum atomic E-state index is 12.8. The third-order valence-electron chi connectivity index (χ3n) is 3.76. The highest BCUT2D eigenvalue weighted by Gasteiger charge is 2.30. The third kappa shape index (κ3) is 3.69. The van der Waals surface area contributed by atoms with Gasteiger partial charge < -0.3 is 15.2 Å². The fourth-order valence-electron chi connectivity index (χ4n) is 2.74. The zero-order valence-corrected chi connectivity index (χ0v) is 13.9. The second-order valence-electron chi connectivity index (χ2n) is 5.60. The molecule has 3 rings (SSSR count). The molecular formula is C17H20N2O4S. The molecular weight excluding hydrogens is 328 g/mol. The lowest BCUT2D eigenvalue weighted by molar-refractivity contribution is 0.279. The summed E-state index contributed by atoms with van der Waals surface area (Å²) in [7, 11) is -3.73. The summed E-state index contributed by atoms with van der Waals surface area (Å²) < 4.78 is 34.0. The van der Waals surface area contributed by atoms with E-state index in [1.54, 1.807) is 18.2 Å². The van der Waals surface area contributed by atoms with E-state index in [1.165, 1.54) is 0 Å². The van der Waals surface area contributed by atoms with E-state index in [1.807, 2.05) is 30.3 Å². The minimum atomic E-state index is -3.73. The van der Waals surface area contributed by atoms with E-state index < -0.39 is 10.0 Å². The standard InChI is InChI=1S/C17H20N2O4S/c20-10-9-18-15-7-4-8-16-17(15)24(21,22)19-14(12-23-16)11-13-5-2-1-3-6-13/h1-8,14,18-20H,9-12H2/t14-/m0/s1. The lowest BCUT2D eigenvalue weighted by Crippen LogP contribution is -2.38. The van der Waals surface area contributed by atoms with Crippen LogP contribution in [0.2, 0.25) is 0 Å². The second-order valence-corrected chi connectivity index (χ2v) is 7.25. The van der Waals surface area contributed by atoms with Crippen molar-refractivity contribution in [2.45, 2.75) is 17.4 Å². The number of aliphatic hydroxyl groups is 1. The van der Waals surface area contributed by atoms with Gasteiger partial charge in [-0.1, -0.05) is 36.4 Å². The first-order chi connectivity index (χ1) is 11.6. The van der Waals surface area contributed by atoms with Crippen LogP contribution in [-0.4, -0.2) is 39.3 Å². The first-order valence-corrected chi connectivity index (χ1v) is 9.25. The zero-order chi connectivity index (χ0) is 17.0. The zero-order valence-electron chi connectivity index (χ0n) is 13.1. The topological polar surface area (TPSA) is 87.7 Å². The predicted octanol–water partition coefficient (Wildman–Crippen LogP) is 1.37. The molecule has 0 bridgehead atoms. The van der Waals surface area contributed by atoms with E-state index in [-0.39, 0.29) is 30.7 Å². The molecule has 0 saturated heterocycles. The van der Waals surface area contributed by atoms with E-state index in [0.717, 1.165) is 5.56 Å². The number of fused-ring (bicyclic) bond motifs is 1. The molecule has 1 atom stereocenters. The Bertz CT molecular complexity index is 793. The molecule has 3 N–H and O–H groups in total. The maximum absolute atomic E-state index is 12.8. The molecule has 2 aromatic rings. The third-order valence-corrected chi connectivity index (χ3v) is 5.36. The minimum Gasteiger partial charge on any atom is -0.490 e. The summed E-state index contributed by atoms with van der Waals surface area (Å²) in [5.74, 6) is 0.320. The molecule has 0 radical (unpaired) electrons. The van der Waals surface area contributed by atoms with Crippen molar-refractivity contribution in [3.05, 3.63) is 54.1 Å². The Morgan fingerprint density at radius 3 is 2.71 bits per heavy atom. The molecule has 1 heterocycles. The Balaban J connectivity index is 1.88. The van der Waals surface area contributed by atoms with Crippen LogP contribution >= 0.6 is 0 Å². The number of anilines is 1. The van der Waals surface area contributed by atoms with Crippen molar-refractivity contribution in [3.8, 4) is 5.75 Å². The van der Waals surface area contributed by atoms with Crippen LogP contribution in [0.25, 0.3) is 0 Å². The molecule has 0 aromatic heterocycles. The Morgan fingerprint density at radius 1 is 1.17 bits per heavy atom. The van der Waals surface area contributed by atoms with Crippen molar-refractivity contribution in [2.75, 3.05) is 25.1 Å². The second kappa shape index (κ2) is 7.21. The number of hydrogen-bond donors (Lipinski definition) is 3. The van der Waals surface area contributed by atoms with Gasteiger partial charge in [0.25, 0.3) is 0 Å². The number of nitrogens with one attached hydrogen (secondary N) is 2. The van der Waals surface area contributed by atoms with E-state index >= 15 is 0 Å². The number of benzene rings is 2. The molecule has 0 fully saturated rings. The van der Waals surface area contributed by atoms with Crippen LogP contribution < -0.4 is 14.8 Å². The van der Waals surface area contributed by atoms with Crippen LogP contribution in [0, 0.1) is 0 Å². The van der Waals surface area contributed by atoms with Crippen molar-refractivity contribution in [1.29, 1.82) is 0 Å². The predicted molar refractivity (Wildman–Crippen MR) is 91.8 cm³/mol. The highest BCUT2D eigenvalue weighted by atomic mass is 32.2. The average Bonchev–Trinajstić information content (AvgIpc) is 2.70. The fraction of sp³-hybridized carbons (Fsp3) is 0.294. The smallest absolute Gasteiger partial charge is 0.246 e. The first kappa shape index (κ1) is 16.8. The molecule has 0 unspecified atom stereocenters. The van der Waals surface area contributed by atoms with Crippen molar-refractivity contribution in [2.24, 2.45) is 0 Å². The van der Waals surface area contributed by atoms with Crippen LogP contribution in [0.4, 0.5) is 5.69 Å². The molecule has 128 valence electrons. The lowest BCUT2D eigenvalue weighted by atomic mass is 10.1. The summed E-state index contributed by atoms with van der Waals surface area (Å²) in [5.41, 5.74) is 1.47. The molecule has 0 aliphatic carbocycles. The van der Waals surface area contributed by atoms with Gasteiger partial charge in [0, 0.05) is 6.54 Å². The monoisotopic (exact) mass is 348 g/mol. The van der Waals surface area contributed by atoms with Gasteiger partial charge in [0.05, 0.1) is 18.3 Å². The summed E-state index contributed by atoms with van der Waals surface area (Å²) >= 11 is 0. The van der Waals surface area contributed by atoms with Crippen LogP contribution in [-0.2, 0) is 16.4 Å². The normalized spacial score (nSPS) is 19.0. The molecule has 7 heteroatoms. The highest BCUT2D eigenvalue weighted by Crippen LogP contribution is 2.33. The Morgan fingerprint density at radius 2 is 1.96 bits per heavy atom. The van der Waals surface area contributed by atoms with Gasteiger partial charge in [-0.2, -0.15) is 0 Å². The van der Waals surface area contributed by atoms with Gasteiger partial charge in [-0.3, -0.25) is 0 Å². The molecule has 24 heavy (non-hydrogen) atoms. The Kier molecular flexibility index (Phi) is 5.03. The number of aliphatic hydroxyl groups excluding tert-OH is 1. The SMILES string of the molecule is O=S1(=O)N[C@@H](Cc2ccccc2)COc2cccc(NCCO)c21. The van der Waals surface area contributed by atoms with E-state index in [9.17, 15) is 8.42 Å². The summed E-state index contributed by atoms with van der Waals surface area (Å²) in [6.07, 6.45) is 0.549. The average molecular weight is 348 g/mol. The van der Waals surface area contributed by atoms with Gasteiger partial charge >= 0.3 is 0 Å². The van der Waals surface area contributed by atoms with Crippen LogP contribution in [0.5, 0.6) is 5.75 Å². The maximum Gasteiger partial charge on any atom is 0.246 e. The number of hydrogen-bond acceptors (Lipinski definition) is 5. The van der Waals surface area contributed by atoms with Gasteiger partial charge in [-0.15, -0.1) is 0 Å². The fourth-order valence-corrected chi connectivity index (χ4v) is 4.27. The van der Waals surface area contributed by atoms with Crippen molar-refractivity contribution in [1.82, 2.24) is 4.72 Å². The molecule has 1 aliphatic heterocycles. The molecule has 0 amide bonds. The van der Waals surface area contributed by atoms with Gasteiger partial charge in [0.2, 0.25) is 10.0 Å². The lowest BCUT2D eigenvalue weighted by Gasteiger charge is -2.15. The number of ether oxygens (including phenoxy) is 1. The van der Waals surface area contributed by atoms with Crippen LogP contribution in [0.3, 0.4) is 0 Å². The highest BCUT2D eigenvalue weighted by molar-refractivity contribution is 7.89. The Hall–Kier alpha value is -2.09. The van der Waals surface area contributed by atoms with Gasteiger partial charge in [-0.25, -0.2) is 13.1 Å². The first-order valence-electron chi connectivity index (χ1n) is 7.77. The summed E-state index contributed by atoms with van der Waals surface area (Å²) in [4.78, 5) is 0.0917. The molecule has 0 saturated carbocycles. The Labute approximate surface area is 141 Å². The summed E-state index contributed by atoms with van der Waals surface area (Å²) in [5, 5.41) is 11.9. The summed E-state index contributed by atoms with van der Waals surface area (Å²) in [6, 6.07) is 14.4. The van der Waals surface area contributed by atoms with Gasteiger partial charge in [0.1, 0.15) is 17.3 Å². The van der Waals surface area contributed by atoms with E-state index in [4.69, 9.17) is 9.84 Å². The molecule has 0 spiro atoms. The largest absolute Gasteiger partial charge is 0.490 e. The quantitative estimate of drug-likeness (QED) is 0.760.